The summed E-state index contributed by atoms with van der Waals surface area (Å²) in [5.41, 5.74) is 23.3. The predicted molar refractivity (Wildman–Crippen MR) is 217 cm³/mol. The van der Waals surface area contributed by atoms with Crippen molar-refractivity contribution in [1.82, 2.24) is 0 Å². The van der Waals surface area contributed by atoms with Crippen molar-refractivity contribution in [2.75, 3.05) is 0 Å². The molecule has 0 spiro atoms. The van der Waals surface area contributed by atoms with Crippen LogP contribution in [0.4, 0.5) is 11.4 Å². The highest BCUT2D eigenvalue weighted by atomic mass is 15.1. The largest absolute Gasteiger partial charge is 0.151 e. The summed E-state index contributed by atoms with van der Waals surface area (Å²) in [6, 6.07) is 55.4. The van der Waals surface area contributed by atoms with Gasteiger partial charge < -0.3 is 0 Å². The molecule has 0 N–H and O–H groups in total. The summed E-state index contributed by atoms with van der Waals surface area (Å²) in [7, 11) is 0. The van der Waals surface area contributed by atoms with Crippen LogP contribution < -0.4 is 0 Å². The van der Waals surface area contributed by atoms with E-state index in [1.165, 1.54) is 44.5 Å². The highest BCUT2D eigenvalue weighted by Gasteiger charge is 2.08. The standard InChI is InChI=1S/C50H38N2/c1-3-11-41(12-4-1)45-29-31-47(35-45)43-25-21-37(22-26-43)17-19-39-9-7-15-49(33-39)51-52-50-16-8-10-40(34-50)20-18-38-23-27-44(28-24-38)48-32-30-46(36-48)42-13-5-2-6-14-42/h1-16,21-34H,17-20H2. The molecule has 6 aromatic rings. The first-order chi connectivity index (χ1) is 25.7. The third-order valence-electron chi connectivity index (χ3n) is 9.58. The van der Waals surface area contributed by atoms with E-state index in [1.807, 2.05) is 24.3 Å². The van der Waals surface area contributed by atoms with Crippen LogP contribution in [0.25, 0.3) is 22.3 Å². The van der Waals surface area contributed by atoms with E-state index < -0.39 is 0 Å². The summed E-state index contributed by atoms with van der Waals surface area (Å²) in [6.45, 7) is 0. The van der Waals surface area contributed by atoms with Gasteiger partial charge in [-0.2, -0.15) is 10.2 Å². The number of rotatable bonds is 12. The number of nitrogens with zero attached hydrogens (tertiary/aromatic N) is 2. The minimum atomic E-state index is 0.872. The Balaban J connectivity index is 0.847. The van der Waals surface area contributed by atoms with E-state index in [2.05, 4.69) is 179 Å². The number of benzene rings is 6. The maximum atomic E-state index is 4.60. The van der Waals surface area contributed by atoms with Crippen LogP contribution in [0.2, 0.25) is 0 Å². The lowest BCUT2D eigenvalue weighted by atomic mass is 10.0. The molecule has 2 aliphatic rings. The van der Waals surface area contributed by atoms with Crippen molar-refractivity contribution >= 4 is 33.7 Å². The molecule has 0 saturated heterocycles. The molecule has 0 unspecified atom stereocenters. The Hall–Kier alpha value is -6.56. The zero-order valence-corrected chi connectivity index (χ0v) is 29.0. The van der Waals surface area contributed by atoms with Crippen molar-refractivity contribution in [2.45, 2.75) is 25.7 Å². The van der Waals surface area contributed by atoms with Crippen molar-refractivity contribution in [1.29, 1.82) is 0 Å². The molecule has 248 valence electrons. The normalized spacial score (nSPS) is 13.3. The molecule has 0 aliphatic heterocycles. The van der Waals surface area contributed by atoms with Gasteiger partial charge in [-0.15, -0.1) is 11.5 Å². The number of aryl methyl sites for hydroxylation is 4. The highest BCUT2D eigenvalue weighted by Crippen LogP contribution is 2.29. The van der Waals surface area contributed by atoms with Crippen molar-refractivity contribution in [3.05, 3.63) is 238 Å². The fraction of sp³-hybridized carbons (Fsp3) is 0.0800. The molecule has 0 aromatic heterocycles. The first kappa shape index (κ1) is 32.6. The average Bonchev–Trinajstić information content (AvgIpc) is 3.92. The second-order valence-electron chi connectivity index (χ2n) is 13.2. The van der Waals surface area contributed by atoms with Crippen LogP contribution in [0, 0.1) is 0 Å². The molecule has 0 bridgehead atoms. The fourth-order valence-corrected chi connectivity index (χ4v) is 6.64. The Labute approximate surface area is 306 Å². The van der Waals surface area contributed by atoms with E-state index in [4.69, 9.17) is 0 Å². The number of azo groups is 1. The molecule has 0 atom stereocenters. The maximum absolute atomic E-state index is 4.60. The van der Waals surface area contributed by atoms with E-state index in [0.29, 0.717) is 0 Å². The molecule has 8 rings (SSSR count). The van der Waals surface area contributed by atoms with Crippen molar-refractivity contribution in [3.63, 3.8) is 0 Å². The van der Waals surface area contributed by atoms with Gasteiger partial charge in [0.25, 0.3) is 0 Å². The van der Waals surface area contributed by atoms with E-state index in [0.717, 1.165) is 59.4 Å². The smallest absolute Gasteiger partial charge is 0.0859 e. The van der Waals surface area contributed by atoms with Crippen molar-refractivity contribution < 1.29 is 0 Å². The lowest BCUT2D eigenvalue weighted by Crippen LogP contribution is -1.92. The second kappa shape index (κ2) is 15.5. The summed E-state index contributed by atoms with van der Waals surface area (Å²) in [5, 5.41) is 9.20. The summed E-state index contributed by atoms with van der Waals surface area (Å²) < 4.78 is 0. The van der Waals surface area contributed by atoms with Gasteiger partial charge in [-0.25, -0.2) is 0 Å². The monoisotopic (exact) mass is 666 g/mol. The van der Waals surface area contributed by atoms with E-state index in [-0.39, 0.29) is 0 Å². The van der Waals surface area contributed by atoms with Gasteiger partial charge in [0, 0.05) is 22.3 Å². The SMILES string of the molecule is C1=C(c2ccccc2)C=CC=1c1ccc(CCc2cccc(N=Nc3cccc(CCc4ccc(C5=C=C(c6ccccc6)C=C5)cc4)c3)c2)cc1. The van der Waals surface area contributed by atoms with Gasteiger partial charge in [-0.1, -0.05) is 133 Å². The van der Waals surface area contributed by atoms with Gasteiger partial charge in [0.2, 0.25) is 0 Å². The Morgan fingerprint density at radius 2 is 0.654 bits per heavy atom. The highest BCUT2D eigenvalue weighted by molar-refractivity contribution is 5.91. The molecule has 0 amide bonds. The summed E-state index contributed by atoms with van der Waals surface area (Å²) in [5.74, 6) is 0. The molecule has 6 aromatic carbocycles. The molecule has 0 heterocycles. The van der Waals surface area contributed by atoms with Gasteiger partial charge in [0.15, 0.2) is 0 Å². The Morgan fingerprint density at radius 3 is 1.04 bits per heavy atom. The molecule has 0 fully saturated rings. The Kier molecular flexibility index (Phi) is 9.76. The molecule has 2 nitrogen and oxygen atoms in total. The van der Waals surface area contributed by atoms with Gasteiger partial charge in [-0.3, -0.25) is 0 Å². The minimum absolute atomic E-state index is 0.872. The van der Waals surface area contributed by atoms with Crippen LogP contribution in [0.15, 0.2) is 204 Å². The van der Waals surface area contributed by atoms with Gasteiger partial charge >= 0.3 is 0 Å². The average molecular weight is 667 g/mol. The first-order valence-electron chi connectivity index (χ1n) is 18.0. The fourth-order valence-electron chi connectivity index (χ4n) is 6.64. The van der Waals surface area contributed by atoms with Crippen molar-refractivity contribution in [2.24, 2.45) is 10.2 Å². The third kappa shape index (κ3) is 8.07. The van der Waals surface area contributed by atoms with Crippen LogP contribution in [-0.4, -0.2) is 0 Å². The zero-order chi connectivity index (χ0) is 35.0. The lowest BCUT2D eigenvalue weighted by molar-refractivity contribution is 0.957. The van der Waals surface area contributed by atoms with E-state index in [1.54, 1.807) is 0 Å². The molecular formula is C50H38N2. The zero-order valence-electron chi connectivity index (χ0n) is 29.0. The molecule has 0 radical (unpaired) electrons. The Bertz CT molecular complexity index is 2250. The second-order valence-corrected chi connectivity index (χ2v) is 13.2. The maximum Gasteiger partial charge on any atom is 0.0859 e. The third-order valence-corrected chi connectivity index (χ3v) is 9.58. The number of allylic oxidation sites excluding steroid dienone is 6. The summed E-state index contributed by atoms with van der Waals surface area (Å²) in [4.78, 5) is 0. The molecule has 0 saturated carbocycles. The summed E-state index contributed by atoms with van der Waals surface area (Å²) in [6.07, 6.45) is 12.4. The number of hydrogen-bond donors (Lipinski definition) is 0. The predicted octanol–water partition coefficient (Wildman–Crippen LogP) is 12.9. The van der Waals surface area contributed by atoms with Gasteiger partial charge in [0.05, 0.1) is 11.4 Å². The molecule has 2 aliphatic carbocycles. The van der Waals surface area contributed by atoms with Crippen LogP contribution in [-0.2, 0) is 25.7 Å². The van der Waals surface area contributed by atoms with E-state index >= 15 is 0 Å². The van der Waals surface area contributed by atoms with Gasteiger partial charge in [-0.05, 0) is 119 Å². The van der Waals surface area contributed by atoms with Crippen molar-refractivity contribution in [3.8, 4) is 0 Å². The van der Waals surface area contributed by atoms with Crippen LogP contribution in [0.5, 0.6) is 0 Å². The quantitative estimate of drug-likeness (QED) is 0.0917. The topological polar surface area (TPSA) is 24.7 Å². The van der Waals surface area contributed by atoms with Crippen LogP contribution >= 0.6 is 0 Å². The number of hydrogen-bond acceptors (Lipinski definition) is 2. The minimum Gasteiger partial charge on any atom is -0.151 e. The lowest BCUT2D eigenvalue weighted by Gasteiger charge is -2.06. The van der Waals surface area contributed by atoms with Crippen LogP contribution in [0.1, 0.15) is 44.5 Å². The van der Waals surface area contributed by atoms with Crippen LogP contribution in [0.3, 0.4) is 0 Å². The van der Waals surface area contributed by atoms with E-state index in [9.17, 15) is 0 Å². The molecule has 52 heavy (non-hydrogen) atoms. The van der Waals surface area contributed by atoms with Gasteiger partial charge in [0.1, 0.15) is 0 Å². The summed E-state index contributed by atoms with van der Waals surface area (Å²) >= 11 is 0. The Morgan fingerprint density at radius 1 is 0.308 bits per heavy atom. The first-order valence-corrected chi connectivity index (χ1v) is 18.0. The molecule has 2 heteroatoms. The molecular weight excluding hydrogens is 629 g/mol.